The first-order chi connectivity index (χ1) is 14.3. The van der Waals surface area contributed by atoms with Crippen LogP contribution in [0.5, 0.6) is 5.88 Å². The summed E-state index contributed by atoms with van der Waals surface area (Å²) in [5.74, 6) is 1.62. The average Bonchev–Trinajstić information content (AvgIpc) is 2.79. The molecule has 2 saturated heterocycles. The summed E-state index contributed by atoms with van der Waals surface area (Å²) in [5.41, 5.74) is 1.11. The van der Waals surface area contributed by atoms with Crippen molar-refractivity contribution in [2.24, 2.45) is 4.99 Å². The topological polar surface area (TPSA) is 68.2 Å². The molecule has 1 atom stereocenters. The van der Waals surface area contributed by atoms with Gasteiger partial charge in [-0.2, -0.15) is 0 Å². The largest absolute Gasteiger partial charge is 0.478 e. The summed E-state index contributed by atoms with van der Waals surface area (Å²) in [4.78, 5) is 11.1. The molecular weight excluding hydrogens is 368 g/mol. The minimum absolute atomic E-state index is 0.295. The first-order valence-electron chi connectivity index (χ1n) is 11.0. The highest BCUT2D eigenvalue weighted by atomic mass is 16.5. The maximum Gasteiger partial charge on any atom is 0.213 e. The fourth-order valence-electron chi connectivity index (χ4n) is 3.74. The fourth-order valence-corrected chi connectivity index (χ4v) is 3.74. The van der Waals surface area contributed by atoms with Gasteiger partial charge >= 0.3 is 0 Å². The number of hydrogen-bond donors (Lipinski definition) is 1. The molecule has 3 rings (SSSR count). The number of aliphatic imine (C=N–C) groups is 1. The van der Waals surface area contributed by atoms with Gasteiger partial charge in [0.2, 0.25) is 5.88 Å². The molecule has 7 heteroatoms. The molecule has 2 fully saturated rings. The maximum atomic E-state index is 6.12. The van der Waals surface area contributed by atoms with E-state index in [1.54, 1.807) is 0 Å². The summed E-state index contributed by atoms with van der Waals surface area (Å²) in [5, 5.41) is 3.45. The van der Waals surface area contributed by atoms with E-state index in [1.165, 1.54) is 12.8 Å². The van der Waals surface area contributed by atoms with Crippen LogP contribution in [0.2, 0.25) is 0 Å². The third kappa shape index (κ3) is 7.16. The normalized spacial score (nSPS) is 21.2. The minimum atomic E-state index is 0.295. The molecule has 1 unspecified atom stereocenters. The zero-order valence-corrected chi connectivity index (χ0v) is 17.9. The van der Waals surface area contributed by atoms with Gasteiger partial charge in [0.15, 0.2) is 5.96 Å². The first kappa shape index (κ1) is 21.8. The Morgan fingerprint density at radius 1 is 1.28 bits per heavy atom. The highest BCUT2D eigenvalue weighted by Gasteiger charge is 2.23. The molecule has 0 amide bonds. The highest BCUT2D eigenvalue weighted by molar-refractivity contribution is 5.79. The van der Waals surface area contributed by atoms with E-state index in [0.29, 0.717) is 31.2 Å². The Labute approximate surface area is 174 Å². The molecule has 1 aromatic heterocycles. The van der Waals surface area contributed by atoms with E-state index in [-0.39, 0.29) is 0 Å². The first-order valence-corrected chi connectivity index (χ1v) is 11.0. The van der Waals surface area contributed by atoms with E-state index >= 15 is 0 Å². The van der Waals surface area contributed by atoms with Gasteiger partial charge < -0.3 is 24.4 Å². The van der Waals surface area contributed by atoms with Crippen LogP contribution in [0, 0.1) is 0 Å². The summed E-state index contributed by atoms with van der Waals surface area (Å²) >= 11 is 0. The lowest BCUT2D eigenvalue weighted by molar-refractivity contribution is -0.0721. The van der Waals surface area contributed by atoms with Crippen molar-refractivity contribution in [2.75, 3.05) is 40.0 Å². The van der Waals surface area contributed by atoms with Crippen molar-refractivity contribution < 1.29 is 14.2 Å². The summed E-state index contributed by atoms with van der Waals surface area (Å²) in [6, 6.07) is 3.97. The number of rotatable bonds is 8. The van der Waals surface area contributed by atoms with E-state index in [9.17, 15) is 0 Å². The zero-order valence-electron chi connectivity index (χ0n) is 17.9. The van der Waals surface area contributed by atoms with Gasteiger partial charge in [-0.3, -0.25) is 4.99 Å². The van der Waals surface area contributed by atoms with Crippen LogP contribution in [-0.2, 0) is 16.0 Å². The number of piperidine rings is 1. The molecule has 29 heavy (non-hydrogen) atoms. The summed E-state index contributed by atoms with van der Waals surface area (Å²) < 4.78 is 17.4. The molecule has 7 nitrogen and oxygen atoms in total. The van der Waals surface area contributed by atoms with E-state index in [4.69, 9.17) is 14.2 Å². The predicted octanol–water partition coefficient (Wildman–Crippen LogP) is 3.00. The van der Waals surface area contributed by atoms with Gasteiger partial charge in [-0.1, -0.05) is 13.0 Å². The van der Waals surface area contributed by atoms with Crippen LogP contribution in [0.4, 0.5) is 0 Å². The summed E-state index contributed by atoms with van der Waals surface area (Å²) in [7, 11) is 1.84. The molecule has 0 spiro atoms. The van der Waals surface area contributed by atoms with Crippen LogP contribution in [-0.4, -0.2) is 68.0 Å². The Morgan fingerprint density at radius 2 is 2.14 bits per heavy atom. The zero-order chi connectivity index (χ0) is 20.3. The number of guanidine groups is 1. The van der Waals surface area contributed by atoms with Crippen molar-refractivity contribution in [2.45, 2.75) is 64.2 Å². The second kappa shape index (κ2) is 12.0. The number of ether oxygens (including phenoxy) is 3. The molecule has 2 aliphatic rings. The second-order valence-corrected chi connectivity index (χ2v) is 7.76. The molecular formula is C22H36N4O3. The lowest BCUT2D eigenvalue weighted by Gasteiger charge is -2.35. The molecule has 0 radical (unpaired) electrons. The SMILES string of the molecule is CCCOc1ccc(CNC(=NC)N2CCC(OCC3CCCCO3)CC2)cn1. The number of aromatic nitrogens is 1. The summed E-state index contributed by atoms with van der Waals surface area (Å²) in [6.07, 6.45) is 9.10. The van der Waals surface area contributed by atoms with E-state index in [1.807, 2.05) is 25.4 Å². The Hall–Kier alpha value is -1.86. The number of nitrogens with one attached hydrogen (secondary N) is 1. The predicted molar refractivity (Wildman–Crippen MR) is 114 cm³/mol. The Morgan fingerprint density at radius 3 is 2.79 bits per heavy atom. The van der Waals surface area contributed by atoms with E-state index in [0.717, 1.165) is 63.5 Å². The van der Waals surface area contributed by atoms with Crippen molar-refractivity contribution in [3.8, 4) is 5.88 Å². The molecule has 0 aliphatic carbocycles. The quantitative estimate of drug-likeness (QED) is 0.531. The molecule has 0 aromatic carbocycles. The van der Waals surface area contributed by atoms with E-state index < -0.39 is 0 Å². The number of nitrogens with zero attached hydrogens (tertiary/aromatic N) is 3. The average molecular weight is 405 g/mol. The molecule has 0 saturated carbocycles. The lowest BCUT2D eigenvalue weighted by Crippen LogP contribution is -2.47. The van der Waals surface area contributed by atoms with Gasteiger partial charge in [-0.25, -0.2) is 4.98 Å². The molecule has 162 valence electrons. The Bertz CT molecular complexity index is 609. The standard InChI is InChI=1S/C22H36N4O3/c1-3-13-28-21-8-7-18(15-24-21)16-25-22(23-2)26-11-9-19(10-12-26)29-17-20-6-4-5-14-27-20/h7-8,15,19-20H,3-6,9-14,16-17H2,1-2H3,(H,23,25). The van der Waals surface area contributed by atoms with Gasteiger partial charge in [-0.05, 0) is 44.1 Å². The third-order valence-electron chi connectivity index (χ3n) is 5.45. The number of hydrogen-bond acceptors (Lipinski definition) is 5. The Kier molecular flexibility index (Phi) is 9.02. The van der Waals surface area contributed by atoms with Gasteiger partial charge in [0.1, 0.15) is 0 Å². The van der Waals surface area contributed by atoms with Crippen molar-refractivity contribution >= 4 is 5.96 Å². The van der Waals surface area contributed by atoms with Crippen LogP contribution < -0.4 is 10.1 Å². The van der Waals surface area contributed by atoms with Crippen molar-refractivity contribution in [3.63, 3.8) is 0 Å². The van der Waals surface area contributed by atoms with Crippen molar-refractivity contribution in [1.82, 2.24) is 15.2 Å². The monoisotopic (exact) mass is 404 g/mol. The molecule has 3 heterocycles. The van der Waals surface area contributed by atoms with Crippen LogP contribution in [0.3, 0.4) is 0 Å². The highest BCUT2D eigenvalue weighted by Crippen LogP contribution is 2.18. The van der Waals surface area contributed by atoms with Gasteiger partial charge in [0, 0.05) is 45.6 Å². The van der Waals surface area contributed by atoms with Crippen LogP contribution in [0.15, 0.2) is 23.3 Å². The summed E-state index contributed by atoms with van der Waals surface area (Å²) in [6.45, 7) is 7.02. The molecule has 1 aromatic rings. The number of likely N-dealkylation sites (tertiary alicyclic amines) is 1. The van der Waals surface area contributed by atoms with Crippen molar-refractivity contribution in [1.29, 1.82) is 0 Å². The van der Waals surface area contributed by atoms with Crippen molar-refractivity contribution in [3.05, 3.63) is 23.9 Å². The van der Waals surface area contributed by atoms with Crippen LogP contribution in [0.1, 0.15) is 51.0 Å². The smallest absolute Gasteiger partial charge is 0.213 e. The minimum Gasteiger partial charge on any atom is -0.478 e. The number of pyridine rings is 1. The lowest BCUT2D eigenvalue weighted by atomic mass is 10.1. The Balaban J connectivity index is 1.37. The molecule has 1 N–H and O–H groups in total. The second-order valence-electron chi connectivity index (χ2n) is 7.76. The van der Waals surface area contributed by atoms with E-state index in [2.05, 4.69) is 27.1 Å². The van der Waals surface area contributed by atoms with Crippen LogP contribution >= 0.6 is 0 Å². The van der Waals surface area contributed by atoms with Gasteiger partial charge in [-0.15, -0.1) is 0 Å². The third-order valence-corrected chi connectivity index (χ3v) is 5.45. The van der Waals surface area contributed by atoms with Gasteiger partial charge in [0.05, 0.1) is 25.4 Å². The molecule has 2 aliphatic heterocycles. The fraction of sp³-hybridized carbons (Fsp3) is 0.727. The maximum absolute atomic E-state index is 6.12. The molecule has 0 bridgehead atoms. The van der Waals surface area contributed by atoms with Gasteiger partial charge in [0.25, 0.3) is 0 Å². The van der Waals surface area contributed by atoms with Crippen LogP contribution in [0.25, 0.3) is 0 Å².